The third kappa shape index (κ3) is 3.14. The van der Waals surface area contributed by atoms with E-state index in [1.807, 2.05) is 36.0 Å². The lowest BCUT2D eigenvalue weighted by atomic mass is 9.96. The Bertz CT molecular complexity index is 1100. The molecule has 0 saturated carbocycles. The molecule has 1 aromatic heterocycles. The number of imidazole rings is 1. The average molecular weight is 398 g/mol. The average Bonchev–Trinajstić information content (AvgIpc) is 3.21. The van der Waals surface area contributed by atoms with Crippen molar-refractivity contribution >= 4 is 28.8 Å². The zero-order valence-corrected chi connectivity index (χ0v) is 16.6. The molecule has 146 valence electrons. The second-order valence-corrected chi connectivity index (χ2v) is 8.10. The van der Waals surface area contributed by atoms with Crippen molar-refractivity contribution in [3.8, 4) is 0 Å². The number of aliphatic carboxylic acids is 1. The first-order valence-electron chi connectivity index (χ1n) is 9.18. The molecule has 1 aliphatic rings. The summed E-state index contributed by atoms with van der Waals surface area (Å²) in [6, 6.07) is 13.8. The first-order valence-corrected chi connectivity index (χ1v) is 10.2. The van der Waals surface area contributed by atoms with Gasteiger partial charge in [-0.05, 0) is 36.2 Å². The molecule has 4 rings (SSSR count). The van der Waals surface area contributed by atoms with Crippen LogP contribution in [0.5, 0.6) is 0 Å². The summed E-state index contributed by atoms with van der Waals surface area (Å²) < 4.78 is 8.58. The van der Waals surface area contributed by atoms with Gasteiger partial charge in [-0.1, -0.05) is 24.3 Å². The van der Waals surface area contributed by atoms with Crippen LogP contribution in [0.25, 0.3) is 11.0 Å². The van der Waals surface area contributed by atoms with Gasteiger partial charge in [-0.2, -0.15) is 0 Å². The highest BCUT2D eigenvalue weighted by molar-refractivity contribution is 7.99. The molecule has 1 N–H and O–H groups in total. The van der Waals surface area contributed by atoms with Crippen molar-refractivity contribution < 1.29 is 14.6 Å². The van der Waals surface area contributed by atoms with Gasteiger partial charge in [0.05, 0.1) is 17.5 Å². The van der Waals surface area contributed by atoms with Gasteiger partial charge in [-0.15, -0.1) is 11.8 Å². The summed E-state index contributed by atoms with van der Waals surface area (Å²) >= 11 is 1.82. The Kier molecular flexibility index (Phi) is 5.03. The Morgan fingerprint density at radius 3 is 2.71 bits per heavy atom. The Morgan fingerprint density at radius 1 is 1.25 bits per heavy atom. The van der Waals surface area contributed by atoms with Gasteiger partial charge in [-0.25, -0.2) is 4.79 Å². The van der Waals surface area contributed by atoms with Gasteiger partial charge in [0, 0.05) is 30.2 Å². The zero-order valence-electron chi connectivity index (χ0n) is 15.8. The van der Waals surface area contributed by atoms with E-state index < -0.39 is 12.2 Å². The third-order valence-corrected chi connectivity index (χ3v) is 6.55. The molecule has 0 saturated heterocycles. The summed E-state index contributed by atoms with van der Waals surface area (Å²) in [7, 11) is 1.43. The summed E-state index contributed by atoms with van der Waals surface area (Å²) in [5.41, 5.74) is 3.81. The van der Waals surface area contributed by atoms with Gasteiger partial charge in [0.1, 0.15) is 6.23 Å². The Labute approximate surface area is 166 Å². The summed E-state index contributed by atoms with van der Waals surface area (Å²) in [4.78, 5) is 25.8. The number of carbonyl (C=O) groups is 1. The Morgan fingerprint density at radius 2 is 2.00 bits per heavy atom. The van der Waals surface area contributed by atoms with Crippen molar-refractivity contribution in [3.63, 3.8) is 0 Å². The van der Waals surface area contributed by atoms with E-state index in [4.69, 9.17) is 4.74 Å². The number of hydrogen-bond donors (Lipinski definition) is 1. The smallest absolute Gasteiger partial charge is 0.331 e. The van der Waals surface area contributed by atoms with Crippen LogP contribution in [-0.4, -0.2) is 33.1 Å². The van der Waals surface area contributed by atoms with Crippen molar-refractivity contribution in [2.45, 2.75) is 36.9 Å². The molecule has 28 heavy (non-hydrogen) atoms. The molecule has 0 spiro atoms. The monoisotopic (exact) mass is 398 g/mol. The standard InChI is InChI=1S/C21H22N2O4S/c1-13-6-5-9-17-20(13)14(12-28-17)11-22-15-7-3-4-8-16(15)23(21(22)26)18(27-2)10-19(24)25/h3-9,14,18H,10-12H2,1-2H3,(H,24,25). The minimum absolute atomic E-state index is 0.235. The second-order valence-electron chi connectivity index (χ2n) is 7.03. The van der Waals surface area contributed by atoms with Crippen molar-refractivity contribution in [1.82, 2.24) is 9.13 Å². The molecule has 0 fully saturated rings. The van der Waals surface area contributed by atoms with Gasteiger partial charge < -0.3 is 9.84 Å². The molecule has 3 aromatic rings. The number of ether oxygens (including phenoxy) is 1. The number of methoxy groups -OCH3 is 1. The number of hydrogen-bond acceptors (Lipinski definition) is 4. The lowest BCUT2D eigenvalue weighted by Crippen LogP contribution is -2.31. The van der Waals surface area contributed by atoms with Crippen LogP contribution >= 0.6 is 11.8 Å². The maximum Gasteiger partial charge on any atom is 0.331 e. The first-order chi connectivity index (χ1) is 13.5. The number of nitrogens with zero attached hydrogens (tertiary/aromatic N) is 2. The summed E-state index contributed by atoms with van der Waals surface area (Å²) in [5, 5.41) is 9.21. The van der Waals surface area contributed by atoms with Crippen molar-refractivity contribution in [2.75, 3.05) is 12.9 Å². The normalized spacial score (nSPS) is 17.0. The molecule has 2 unspecified atom stereocenters. The van der Waals surface area contributed by atoms with E-state index in [2.05, 4.69) is 25.1 Å². The van der Waals surface area contributed by atoms with E-state index in [1.54, 1.807) is 4.57 Å². The van der Waals surface area contributed by atoms with Crippen LogP contribution in [0.2, 0.25) is 0 Å². The van der Waals surface area contributed by atoms with Crippen LogP contribution in [0.15, 0.2) is 52.2 Å². The third-order valence-electron chi connectivity index (χ3n) is 5.31. The van der Waals surface area contributed by atoms with Crippen LogP contribution in [-0.2, 0) is 16.1 Å². The molecule has 0 radical (unpaired) electrons. The fraction of sp³-hybridized carbons (Fsp3) is 0.333. The molecule has 2 heterocycles. The van der Waals surface area contributed by atoms with E-state index in [1.165, 1.54) is 27.7 Å². The molecule has 2 aromatic carbocycles. The first kappa shape index (κ1) is 18.8. The fourth-order valence-corrected chi connectivity index (χ4v) is 5.37. The minimum Gasteiger partial charge on any atom is -0.481 e. The van der Waals surface area contributed by atoms with Gasteiger partial charge in [-0.3, -0.25) is 13.9 Å². The highest BCUT2D eigenvalue weighted by Gasteiger charge is 2.28. The summed E-state index contributed by atoms with van der Waals surface area (Å²) in [6.07, 6.45) is -1.12. The van der Waals surface area contributed by atoms with E-state index in [0.717, 1.165) is 11.3 Å². The summed E-state index contributed by atoms with van der Waals surface area (Å²) in [5.74, 6) is 0.153. The number of para-hydroxylation sites is 2. The van der Waals surface area contributed by atoms with Gasteiger partial charge >= 0.3 is 11.7 Å². The summed E-state index contributed by atoms with van der Waals surface area (Å²) in [6.45, 7) is 2.66. The molecule has 0 aliphatic carbocycles. The van der Waals surface area contributed by atoms with E-state index >= 15 is 0 Å². The predicted molar refractivity (Wildman–Crippen MR) is 109 cm³/mol. The molecule has 0 bridgehead atoms. The molecular weight excluding hydrogens is 376 g/mol. The number of carboxylic acids is 1. The molecule has 2 atom stereocenters. The maximum atomic E-state index is 13.3. The Hall–Kier alpha value is -2.51. The van der Waals surface area contributed by atoms with Crippen molar-refractivity contribution in [1.29, 1.82) is 0 Å². The molecule has 0 amide bonds. The highest BCUT2D eigenvalue weighted by Crippen LogP contribution is 2.42. The molecule has 1 aliphatic heterocycles. The lowest BCUT2D eigenvalue weighted by Gasteiger charge is -2.15. The van der Waals surface area contributed by atoms with Crippen LogP contribution in [0.4, 0.5) is 0 Å². The van der Waals surface area contributed by atoms with Crippen LogP contribution < -0.4 is 5.69 Å². The van der Waals surface area contributed by atoms with Crippen molar-refractivity contribution in [3.05, 3.63) is 64.1 Å². The molecule has 6 nitrogen and oxygen atoms in total. The van der Waals surface area contributed by atoms with Crippen LogP contribution in [0, 0.1) is 6.92 Å². The lowest BCUT2D eigenvalue weighted by molar-refractivity contribution is -0.141. The number of thioether (sulfide) groups is 1. The number of aromatic nitrogens is 2. The number of carboxylic acid groups (broad SMARTS) is 1. The zero-order chi connectivity index (χ0) is 19.8. The fourth-order valence-electron chi connectivity index (χ4n) is 4.06. The quantitative estimate of drug-likeness (QED) is 0.687. The van der Waals surface area contributed by atoms with E-state index in [-0.39, 0.29) is 18.0 Å². The topological polar surface area (TPSA) is 73.5 Å². The largest absolute Gasteiger partial charge is 0.481 e. The second kappa shape index (κ2) is 7.48. The van der Waals surface area contributed by atoms with Crippen molar-refractivity contribution in [2.24, 2.45) is 0 Å². The van der Waals surface area contributed by atoms with Gasteiger partial charge in [0.25, 0.3) is 0 Å². The van der Waals surface area contributed by atoms with E-state index in [0.29, 0.717) is 12.1 Å². The number of rotatable bonds is 6. The molecule has 7 heteroatoms. The molecular formula is C21H22N2O4S. The Balaban J connectivity index is 1.81. The van der Waals surface area contributed by atoms with Gasteiger partial charge in [0.15, 0.2) is 0 Å². The highest BCUT2D eigenvalue weighted by atomic mass is 32.2. The predicted octanol–water partition coefficient (Wildman–Crippen LogP) is 3.62. The number of benzene rings is 2. The minimum atomic E-state index is -1.01. The number of fused-ring (bicyclic) bond motifs is 2. The van der Waals surface area contributed by atoms with Crippen LogP contribution in [0.1, 0.15) is 29.7 Å². The van der Waals surface area contributed by atoms with Crippen LogP contribution in [0.3, 0.4) is 0 Å². The van der Waals surface area contributed by atoms with E-state index in [9.17, 15) is 14.7 Å². The maximum absolute atomic E-state index is 13.3. The SMILES string of the molecule is COC(CC(=O)O)n1c(=O)n(CC2CSc3cccc(C)c32)c2ccccc21. The van der Waals surface area contributed by atoms with Gasteiger partial charge in [0.2, 0.25) is 0 Å². The number of aryl methyl sites for hydroxylation is 1.